The molecule has 0 saturated carbocycles. The van der Waals surface area contributed by atoms with E-state index < -0.39 is 52.3 Å². The van der Waals surface area contributed by atoms with Crippen molar-refractivity contribution in [2.75, 3.05) is 0 Å². The van der Waals surface area contributed by atoms with Gasteiger partial charge in [-0.15, -0.1) is 0 Å². The van der Waals surface area contributed by atoms with E-state index in [4.69, 9.17) is 0 Å². The van der Waals surface area contributed by atoms with Crippen LogP contribution < -0.4 is 0 Å². The van der Waals surface area contributed by atoms with Gasteiger partial charge in [-0.05, 0) is 47.6 Å². The first-order valence-corrected chi connectivity index (χ1v) is 12.3. The summed E-state index contributed by atoms with van der Waals surface area (Å²) in [6, 6.07) is 9.08. The van der Waals surface area contributed by atoms with Crippen molar-refractivity contribution >= 4 is 28.5 Å². The molecule has 2 aliphatic carbocycles. The Labute approximate surface area is 222 Å². The second-order valence-electron chi connectivity index (χ2n) is 10.0. The smallest absolute Gasteiger partial charge is 0.190 e. The average molecular weight is 531 g/mol. The van der Waals surface area contributed by atoms with Gasteiger partial charge in [-0.1, -0.05) is 26.0 Å². The average Bonchev–Trinajstić information content (AvgIpc) is 2.82. The van der Waals surface area contributed by atoms with Crippen molar-refractivity contribution in [1.82, 2.24) is 0 Å². The third kappa shape index (κ3) is 3.85. The van der Waals surface area contributed by atoms with Crippen LogP contribution in [0, 0.1) is 11.8 Å². The minimum Gasteiger partial charge on any atom is -0.507 e. The van der Waals surface area contributed by atoms with Gasteiger partial charge in [0.1, 0.15) is 45.8 Å². The number of Topliss-reactive ketones (excluding diaryl/α,β-unsaturated/α-hetero) is 1. The van der Waals surface area contributed by atoms with Crippen LogP contribution in [-0.4, -0.2) is 47.3 Å². The number of aromatic hydroxyl groups is 6. The number of carbonyl (C=O) groups excluding carboxylic acids is 2. The molecule has 200 valence electrons. The van der Waals surface area contributed by atoms with Gasteiger partial charge in [0.25, 0.3) is 0 Å². The summed E-state index contributed by atoms with van der Waals surface area (Å²) < 4.78 is 0. The fourth-order valence-electron chi connectivity index (χ4n) is 6.11. The number of phenols is 6. The van der Waals surface area contributed by atoms with E-state index in [1.54, 1.807) is 13.8 Å². The van der Waals surface area contributed by atoms with Gasteiger partial charge in [0.15, 0.2) is 11.6 Å². The maximum atomic E-state index is 13.5. The Morgan fingerprint density at radius 2 is 1.36 bits per heavy atom. The van der Waals surface area contributed by atoms with Crippen LogP contribution >= 0.6 is 0 Å². The van der Waals surface area contributed by atoms with Crippen LogP contribution in [0.15, 0.2) is 48.5 Å². The minimum absolute atomic E-state index is 0.0476. The molecule has 3 aromatic carbocycles. The summed E-state index contributed by atoms with van der Waals surface area (Å²) in [4.78, 5) is 26.7. The monoisotopic (exact) mass is 530 g/mol. The highest BCUT2D eigenvalue weighted by Gasteiger charge is 2.45. The molecule has 9 heteroatoms. The first kappa shape index (κ1) is 25.7. The second kappa shape index (κ2) is 9.13. The zero-order valence-electron chi connectivity index (χ0n) is 21.0. The van der Waals surface area contributed by atoms with E-state index in [2.05, 4.69) is 0 Å². The second-order valence-corrected chi connectivity index (χ2v) is 10.0. The zero-order chi connectivity index (χ0) is 28.3. The van der Waals surface area contributed by atoms with Crippen LogP contribution in [0.2, 0.25) is 0 Å². The lowest BCUT2D eigenvalue weighted by Gasteiger charge is -2.40. The summed E-state index contributed by atoms with van der Waals surface area (Å²) in [6.45, 7) is 3.43. The molecule has 2 aliphatic rings. The SMILES string of the molecule is CC(CC(=O)c1c(O)cccc1O)C1C(c2c(O)cccc2O)=C2C(=O)C=C(O)c3c(O)cc(O)c(c32)C1C. The summed E-state index contributed by atoms with van der Waals surface area (Å²) in [6.07, 6.45) is 0.694. The molecule has 0 spiro atoms. The van der Waals surface area contributed by atoms with E-state index in [0.29, 0.717) is 0 Å². The fourth-order valence-corrected chi connectivity index (χ4v) is 6.11. The predicted molar refractivity (Wildman–Crippen MR) is 142 cm³/mol. The van der Waals surface area contributed by atoms with E-state index in [0.717, 1.165) is 12.1 Å². The standard InChI is InChI=1S/C30H26O9/c1-12(9-18(35)25-14(31)5-3-6-15(25)32)23-13(2)24-19(36)10-20(37)27-21(38)11-22(39)28(30(24)27)29(23)26-16(33)7-4-8-17(26)34/h3-8,10-13,23,31-34,36-38H,9H2,1-2H3. The number of ketones is 2. The van der Waals surface area contributed by atoms with E-state index in [1.165, 1.54) is 36.4 Å². The normalized spacial score (nSPS) is 18.9. The number of carbonyl (C=O) groups is 2. The molecule has 0 amide bonds. The Hall–Kier alpha value is -4.92. The Bertz CT molecular complexity index is 1590. The molecule has 0 aliphatic heterocycles. The first-order chi connectivity index (χ1) is 18.4. The number of hydrogen-bond acceptors (Lipinski definition) is 9. The van der Waals surface area contributed by atoms with Crippen LogP contribution in [0.1, 0.15) is 58.8 Å². The molecular weight excluding hydrogens is 504 g/mol. The van der Waals surface area contributed by atoms with Gasteiger partial charge >= 0.3 is 0 Å². The quantitative estimate of drug-likeness (QED) is 0.225. The maximum absolute atomic E-state index is 13.5. The molecule has 0 heterocycles. The number of rotatable bonds is 5. The molecule has 7 N–H and O–H groups in total. The fraction of sp³-hybridized carbons (Fsp3) is 0.200. The van der Waals surface area contributed by atoms with Crippen molar-refractivity contribution < 1.29 is 45.3 Å². The highest BCUT2D eigenvalue weighted by atomic mass is 16.3. The van der Waals surface area contributed by atoms with Gasteiger partial charge in [-0.25, -0.2) is 0 Å². The van der Waals surface area contributed by atoms with E-state index >= 15 is 0 Å². The number of aliphatic hydroxyl groups is 1. The van der Waals surface area contributed by atoms with Gasteiger partial charge in [-0.2, -0.15) is 0 Å². The van der Waals surface area contributed by atoms with Crippen LogP contribution in [0.25, 0.3) is 16.9 Å². The highest BCUT2D eigenvalue weighted by Crippen LogP contribution is 2.59. The first-order valence-electron chi connectivity index (χ1n) is 12.3. The topological polar surface area (TPSA) is 176 Å². The van der Waals surface area contributed by atoms with Crippen LogP contribution in [0.5, 0.6) is 34.5 Å². The highest BCUT2D eigenvalue weighted by molar-refractivity contribution is 6.37. The van der Waals surface area contributed by atoms with E-state index in [1.807, 2.05) is 0 Å². The molecule has 0 saturated heterocycles. The van der Waals surface area contributed by atoms with Gasteiger partial charge in [0.05, 0.1) is 11.1 Å². The number of aliphatic hydroxyl groups excluding tert-OH is 1. The molecule has 0 radical (unpaired) electrons. The van der Waals surface area contributed by atoms with Gasteiger partial charge in [0.2, 0.25) is 0 Å². The molecule has 0 fully saturated rings. The molecule has 9 nitrogen and oxygen atoms in total. The largest absolute Gasteiger partial charge is 0.507 e. The molecule has 3 unspecified atom stereocenters. The lowest BCUT2D eigenvalue weighted by atomic mass is 9.62. The summed E-state index contributed by atoms with van der Waals surface area (Å²) in [5, 5.41) is 74.2. The summed E-state index contributed by atoms with van der Waals surface area (Å²) in [5.74, 6) is -6.09. The third-order valence-corrected chi connectivity index (χ3v) is 7.65. The van der Waals surface area contributed by atoms with Crippen molar-refractivity contribution in [1.29, 1.82) is 0 Å². The molecule has 3 aromatic rings. The maximum Gasteiger partial charge on any atom is 0.190 e. The van der Waals surface area contributed by atoms with E-state index in [9.17, 15) is 45.3 Å². The Morgan fingerprint density at radius 1 is 0.795 bits per heavy atom. The Morgan fingerprint density at radius 3 is 1.95 bits per heavy atom. The van der Waals surface area contributed by atoms with Crippen molar-refractivity contribution in [2.24, 2.45) is 11.8 Å². The van der Waals surface area contributed by atoms with Crippen molar-refractivity contribution in [3.05, 3.63) is 76.4 Å². The summed E-state index contributed by atoms with van der Waals surface area (Å²) >= 11 is 0. The van der Waals surface area contributed by atoms with Gasteiger partial charge in [-0.3, -0.25) is 9.59 Å². The minimum atomic E-state index is -0.774. The summed E-state index contributed by atoms with van der Waals surface area (Å²) in [7, 11) is 0. The third-order valence-electron chi connectivity index (χ3n) is 7.65. The van der Waals surface area contributed by atoms with Crippen molar-refractivity contribution in [3.8, 4) is 34.5 Å². The van der Waals surface area contributed by atoms with Crippen LogP contribution in [0.3, 0.4) is 0 Å². The molecule has 3 atom stereocenters. The number of allylic oxidation sites excluding steroid dienone is 3. The molecule has 39 heavy (non-hydrogen) atoms. The predicted octanol–water partition coefficient (Wildman–Crippen LogP) is 4.96. The molecule has 0 aromatic heterocycles. The van der Waals surface area contributed by atoms with E-state index in [-0.39, 0.29) is 62.6 Å². The van der Waals surface area contributed by atoms with Gasteiger partial charge in [0, 0.05) is 35.3 Å². The number of benzene rings is 3. The van der Waals surface area contributed by atoms with Gasteiger partial charge < -0.3 is 35.7 Å². The van der Waals surface area contributed by atoms with Crippen LogP contribution in [-0.2, 0) is 4.79 Å². The Balaban J connectivity index is 1.78. The lowest BCUT2D eigenvalue weighted by molar-refractivity contribution is -0.109. The lowest BCUT2D eigenvalue weighted by Crippen LogP contribution is -2.30. The number of phenolic OH excluding ortho intramolecular Hbond substituents is 6. The molecule has 5 rings (SSSR count). The molecular formula is C30H26O9. The summed E-state index contributed by atoms with van der Waals surface area (Å²) in [5.41, 5.74) is 0.0648. The molecule has 0 bridgehead atoms. The number of hydrogen-bond donors (Lipinski definition) is 7. The van der Waals surface area contributed by atoms with Crippen LogP contribution in [0.4, 0.5) is 0 Å². The zero-order valence-corrected chi connectivity index (χ0v) is 21.0. The van der Waals surface area contributed by atoms with Crippen molar-refractivity contribution in [3.63, 3.8) is 0 Å². The Kier molecular flexibility index (Phi) is 6.02. The van der Waals surface area contributed by atoms with Crippen molar-refractivity contribution in [2.45, 2.75) is 26.2 Å².